The van der Waals surface area contributed by atoms with Gasteiger partial charge in [0.1, 0.15) is 5.60 Å². The Balaban J connectivity index is 1.82. The molecule has 5 nitrogen and oxygen atoms in total. The minimum atomic E-state index is -0.275. The van der Waals surface area contributed by atoms with Gasteiger partial charge >= 0.3 is 0 Å². The van der Waals surface area contributed by atoms with Gasteiger partial charge in [0.05, 0.1) is 12.0 Å². The van der Waals surface area contributed by atoms with Crippen molar-refractivity contribution in [1.82, 2.24) is 14.9 Å². The highest BCUT2D eigenvalue weighted by atomic mass is 16.7. The fourth-order valence-electron chi connectivity index (χ4n) is 4.52. The molecule has 0 aromatic heterocycles. The zero-order valence-corrected chi connectivity index (χ0v) is 16.6. The van der Waals surface area contributed by atoms with Crippen LogP contribution in [0.5, 0.6) is 0 Å². The van der Waals surface area contributed by atoms with Crippen LogP contribution in [0.3, 0.4) is 0 Å². The predicted molar refractivity (Wildman–Crippen MR) is 103 cm³/mol. The van der Waals surface area contributed by atoms with Crippen molar-refractivity contribution >= 4 is 0 Å². The third-order valence-electron chi connectivity index (χ3n) is 6.22. The Morgan fingerprint density at radius 3 is 2.46 bits per heavy atom. The Kier molecular flexibility index (Phi) is 5.99. The van der Waals surface area contributed by atoms with E-state index in [4.69, 9.17) is 4.84 Å². The van der Waals surface area contributed by atoms with E-state index < -0.39 is 0 Å². The van der Waals surface area contributed by atoms with Crippen LogP contribution in [-0.2, 0) is 10.4 Å². The Labute approximate surface area is 158 Å². The van der Waals surface area contributed by atoms with Gasteiger partial charge < -0.3 is 4.90 Å². The lowest BCUT2D eigenvalue weighted by Gasteiger charge is -2.51. The average Bonchev–Trinajstić information content (AvgIpc) is 2.66. The lowest BCUT2D eigenvalue weighted by atomic mass is 9.84. The van der Waals surface area contributed by atoms with Gasteiger partial charge in [0.15, 0.2) is 0 Å². The van der Waals surface area contributed by atoms with Crippen molar-refractivity contribution in [3.8, 4) is 6.07 Å². The second-order valence-corrected chi connectivity index (χ2v) is 7.89. The molecule has 142 valence electrons. The van der Waals surface area contributed by atoms with E-state index in [1.165, 1.54) is 5.56 Å². The molecule has 1 aromatic rings. The molecule has 26 heavy (non-hydrogen) atoms. The molecule has 2 heterocycles. The lowest BCUT2D eigenvalue weighted by Crippen LogP contribution is -2.63. The second-order valence-electron chi connectivity index (χ2n) is 7.89. The molecule has 0 spiro atoms. The molecule has 3 unspecified atom stereocenters. The van der Waals surface area contributed by atoms with Gasteiger partial charge in [0, 0.05) is 38.3 Å². The van der Waals surface area contributed by atoms with Crippen LogP contribution in [-0.4, -0.2) is 67.2 Å². The first-order valence-electron chi connectivity index (χ1n) is 9.80. The standard InChI is InChI=1S/C21H32N4O/c1-5-25(17(2)20-18(15-22)16-24(20)4)26-21(11-13-23(3)14-12-21)19-9-7-6-8-10-19/h6-10,17-18,20H,5,11-14,16H2,1-4H3. The molecule has 0 bridgehead atoms. The highest BCUT2D eigenvalue weighted by Crippen LogP contribution is 2.39. The molecule has 0 saturated carbocycles. The number of rotatable bonds is 6. The Morgan fingerprint density at radius 2 is 1.92 bits per heavy atom. The molecule has 2 aliphatic heterocycles. The predicted octanol–water partition coefficient (Wildman–Crippen LogP) is 2.70. The monoisotopic (exact) mass is 356 g/mol. The average molecular weight is 357 g/mol. The molecule has 3 atom stereocenters. The first-order chi connectivity index (χ1) is 12.5. The fourth-order valence-corrected chi connectivity index (χ4v) is 4.52. The van der Waals surface area contributed by atoms with Crippen LogP contribution < -0.4 is 0 Å². The number of benzene rings is 1. The molecule has 1 aromatic carbocycles. The van der Waals surface area contributed by atoms with Crippen LogP contribution in [0.4, 0.5) is 0 Å². The summed E-state index contributed by atoms with van der Waals surface area (Å²) in [7, 11) is 4.28. The number of likely N-dealkylation sites (tertiary alicyclic amines) is 2. The van der Waals surface area contributed by atoms with E-state index in [2.05, 4.69) is 79.2 Å². The number of piperidine rings is 1. The molecule has 0 N–H and O–H groups in total. The van der Waals surface area contributed by atoms with Gasteiger partial charge in [0.25, 0.3) is 0 Å². The van der Waals surface area contributed by atoms with Crippen LogP contribution >= 0.6 is 0 Å². The molecule has 2 saturated heterocycles. The molecule has 2 aliphatic rings. The summed E-state index contributed by atoms with van der Waals surface area (Å²) in [4.78, 5) is 11.4. The van der Waals surface area contributed by atoms with Gasteiger partial charge in [-0.25, -0.2) is 0 Å². The maximum Gasteiger partial charge on any atom is 0.117 e. The summed E-state index contributed by atoms with van der Waals surface area (Å²) in [6.45, 7) is 8.08. The van der Waals surface area contributed by atoms with E-state index in [9.17, 15) is 5.26 Å². The SMILES string of the molecule is CCN(OC1(c2ccccc2)CCN(C)CC1)C(C)C1C(C#N)CN1C. The zero-order valence-electron chi connectivity index (χ0n) is 16.6. The van der Waals surface area contributed by atoms with Crippen LogP contribution in [0.25, 0.3) is 0 Å². The molecular formula is C21H32N4O. The Bertz CT molecular complexity index is 621. The van der Waals surface area contributed by atoms with Crippen molar-refractivity contribution in [1.29, 1.82) is 5.26 Å². The van der Waals surface area contributed by atoms with Crippen molar-refractivity contribution in [3.05, 3.63) is 35.9 Å². The number of nitrogens with zero attached hydrogens (tertiary/aromatic N) is 4. The van der Waals surface area contributed by atoms with Crippen molar-refractivity contribution in [2.24, 2.45) is 5.92 Å². The van der Waals surface area contributed by atoms with E-state index in [1.54, 1.807) is 0 Å². The van der Waals surface area contributed by atoms with Crippen LogP contribution in [0.1, 0.15) is 32.3 Å². The van der Waals surface area contributed by atoms with Crippen molar-refractivity contribution in [2.75, 3.05) is 40.3 Å². The van der Waals surface area contributed by atoms with Gasteiger partial charge in [-0.15, -0.1) is 0 Å². The smallest absolute Gasteiger partial charge is 0.117 e. The van der Waals surface area contributed by atoms with Gasteiger partial charge in [-0.05, 0) is 39.4 Å². The maximum atomic E-state index is 9.42. The van der Waals surface area contributed by atoms with Crippen molar-refractivity contribution in [3.63, 3.8) is 0 Å². The summed E-state index contributed by atoms with van der Waals surface area (Å²) in [5.74, 6) is 0.0952. The summed E-state index contributed by atoms with van der Waals surface area (Å²) < 4.78 is 0. The Hall–Kier alpha value is -1.45. The highest BCUT2D eigenvalue weighted by molar-refractivity contribution is 5.23. The lowest BCUT2D eigenvalue weighted by molar-refractivity contribution is -0.290. The van der Waals surface area contributed by atoms with E-state index >= 15 is 0 Å². The Morgan fingerprint density at radius 1 is 1.27 bits per heavy atom. The van der Waals surface area contributed by atoms with E-state index in [-0.39, 0.29) is 23.6 Å². The number of likely N-dealkylation sites (N-methyl/N-ethyl adjacent to an activating group) is 2. The molecule has 5 heteroatoms. The number of hydrogen-bond donors (Lipinski definition) is 0. The summed E-state index contributed by atoms with van der Waals surface area (Å²) in [5.41, 5.74) is 0.986. The molecule has 3 rings (SSSR count). The van der Waals surface area contributed by atoms with Crippen molar-refractivity contribution in [2.45, 2.75) is 44.4 Å². The third kappa shape index (κ3) is 3.65. The van der Waals surface area contributed by atoms with Gasteiger partial charge in [-0.1, -0.05) is 37.3 Å². The molecule has 0 aliphatic carbocycles. The van der Waals surface area contributed by atoms with Crippen molar-refractivity contribution < 1.29 is 4.84 Å². The first kappa shape index (κ1) is 19.3. The maximum absolute atomic E-state index is 9.42. The van der Waals surface area contributed by atoms with Crippen LogP contribution in [0, 0.1) is 17.2 Å². The molecule has 2 fully saturated rings. The summed E-state index contributed by atoms with van der Waals surface area (Å²) in [5, 5.41) is 11.5. The fraction of sp³-hybridized carbons (Fsp3) is 0.667. The highest BCUT2D eigenvalue weighted by Gasteiger charge is 2.45. The van der Waals surface area contributed by atoms with E-state index in [0.717, 1.165) is 39.0 Å². The topological polar surface area (TPSA) is 42.7 Å². The molecule has 0 amide bonds. The van der Waals surface area contributed by atoms with Gasteiger partial charge in [-0.3, -0.25) is 9.74 Å². The number of hydrogen-bond acceptors (Lipinski definition) is 5. The molecular weight excluding hydrogens is 324 g/mol. The minimum absolute atomic E-state index is 0.0952. The van der Waals surface area contributed by atoms with Gasteiger partial charge in [0.2, 0.25) is 0 Å². The van der Waals surface area contributed by atoms with E-state index in [1.807, 2.05) is 0 Å². The largest absolute Gasteiger partial charge is 0.306 e. The van der Waals surface area contributed by atoms with Gasteiger partial charge in [-0.2, -0.15) is 10.3 Å². The van der Waals surface area contributed by atoms with Crippen LogP contribution in [0.2, 0.25) is 0 Å². The second kappa shape index (κ2) is 8.06. The summed E-state index contributed by atoms with van der Waals surface area (Å²) in [6.07, 6.45) is 1.97. The quantitative estimate of drug-likeness (QED) is 0.733. The minimum Gasteiger partial charge on any atom is -0.306 e. The van der Waals surface area contributed by atoms with E-state index in [0.29, 0.717) is 0 Å². The number of hydroxylamine groups is 2. The summed E-state index contributed by atoms with van der Waals surface area (Å²) >= 11 is 0. The molecule has 0 radical (unpaired) electrons. The van der Waals surface area contributed by atoms with Crippen LogP contribution in [0.15, 0.2) is 30.3 Å². The third-order valence-corrected chi connectivity index (χ3v) is 6.22. The zero-order chi connectivity index (χ0) is 18.7. The first-order valence-corrected chi connectivity index (χ1v) is 9.80. The number of nitriles is 1. The normalized spacial score (nSPS) is 27.7. The summed E-state index contributed by atoms with van der Waals surface area (Å²) in [6, 6.07) is 13.5.